The Balaban J connectivity index is 2.49. The number of carboxylic acids is 1. The summed E-state index contributed by atoms with van der Waals surface area (Å²) in [6.07, 6.45) is 0. The molecule has 1 aliphatic carbocycles. The molecule has 3 rings (SSSR count). The third-order valence-electron chi connectivity index (χ3n) is 2.78. The molecule has 0 unspecified atom stereocenters. The van der Waals surface area contributed by atoms with E-state index in [0.29, 0.717) is 11.1 Å². The molecule has 3 N–H and O–H groups in total. The molecule has 0 saturated carbocycles. The molecule has 0 amide bonds. The van der Waals surface area contributed by atoms with Crippen LogP contribution >= 0.6 is 0 Å². The number of nitrogens with two attached hydrogens (primary N) is 1. The van der Waals surface area contributed by atoms with E-state index in [0.717, 1.165) is 0 Å². The van der Waals surface area contributed by atoms with Crippen LogP contribution in [-0.2, 0) is 0 Å². The number of nitrogen functional groups attached to an aromatic ring is 1. The van der Waals surface area contributed by atoms with Crippen molar-refractivity contribution >= 4 is 22.8 Å². The maximum absolute atomic E-state index is 12.1. The van der Waals surface area contributed by atoms with Gasteiger partial charge in [0.1, 0.15) is 11.1 Å². The minimum atomic E-state index is -1.38. The molecular formula is C13H8N2O4. The van der Waals surface area contributed by atoms with Crippen molar-refractivity contribution in [2.75, 3.05) is 5.73 Å². The van der Waals surface area contributed by atoms with Gasteiger partial charge in [-0.25, -0.2) is 9.78 Å². The molecule has 0 aromatic heterocycles. The van der Waals surface area contributed by atoms with Crippen molar-refractivity contribution in [1.82, 2.24) is 4.98 Å². The quantitative estimate of drug-likeness (QED) is 0.505. The largest absolute Gasteiger partial charge is 0.477 e. The summed E-state index contributed by atoms with van der Waals surface area (Å²) >= 11 is 0. The number of carbonyl (C=O) groups is 1. The highest BCUT2D eigenvalue weighted by atomic mass is 16.4. The number of carboxylic acid groups (broad SMARTS) is 1. The van der Waals surface area contributed by atoms with Gasteiger partial charge in [-0.1, -0.05) is 12.1 Å². The van der Waals surface area contributed by atoms with Gasteiger partial charge in [0.2, 0.25) is 5.43 Å². The van der Waals surface area contributed by atoms with Crippen LogP contribution in [0.15, 0.2) is 39.5 Å². The number of anilines is 1. The fraction of sp³-hybridized carbons (Fsp3) is 0. The lowest BCUT2D eigenvalue weighted by Gasteiger charge is -2.08. The highest BCUT2D eigenvalue weighted by Gasteiger charge is 2.22. The van der Waals surface area contributed by atoms with Crippen LogP contribution in [0.5, 0.6) is 0 Å². The standard InChI is InChI=1S/C13H8N2O4/c14-6-5-9-11(12(16)10(6)13(17)18)15-7-3-1-2-4-8(7)19-9/h1-5H,14H2,(H,17,18). The van der Waals surface area contributed by atoms with Crippen LogP contribution in [0.4, 0.5) is 5.69 Å². The van der Waals surface area contributed by atoms with Crippen molar-refractivity contribution < 1.29 is 14.3 Å². The molecule has 1 aromatic carbocycles. The number of para-hydroxylation sites is 2. The average Bonchev–Trinajstić information content (AvgIpc) is 2.36. The lowest BCUT2D eigenvalue weighted by atomic mass is 10.1. The summed E-state index contributed by atoms with van der Waals surface area (Å²) in [5.41, 5.74) is 5.15. The van der Waals surface area contributed by atoms with Crippen LogP contribution in [0.2, 0.25) is 0 Å². The maximum atomic E-state index is 12.1. The highest BCUT2D eigenvalue weighted by molar-refractivity contribution is 5.96. The van der Waals surface area contributed by atoms with Crippen molar-refractivity contribution in [3.63, 3.8) is 0 Å². The van der Waals surface area contributed by atoms with Gasteiger partial charge in [-0.3, -0.25) is 4.79 Å². The zero-order chi connectivity index (χ0) is 13.6. The molecule has 2 aliphatic rings. The minimum Gasteiger partial charge on any atom is -0.477 e. The summed E-state index contributed by atoms with van der Waals surface area (Å²) in [5.74, 6) is -1.20. The van der Waals surface area contributed by atoms with E-state index in [1.165, 1.54) is 6.07 Å². The van der Waals surface area contributed by atoms with Crippen molar-refractivity contribution in [3.05, 3.63) is 46.1 Å². The Labute approximate surface area is 106 Å². The van der Waals surface area contributed by atoms with Crippen LogP contribution in [0.3, 0.4) is 0 Å². The van der Waals surface area contributed by atoms with Gasteiger partial charge in [0.15, 0.2) is 17.0 Å². The Bertz CT molecular complexity index is 838. The lowest BCUT2D eigenvalue weighted by molar-refractivity contribution is 0.0696. The van der Waals surface area contributed by atoms with Crippen molar-refractivity contribution in [1.29, 1.82) is 0 Å². The molecule has 0 saturated heterocycles. The Kier molecular flexibility index (Phi) is 2.25. The third kappa shape index (κ3) is 1.61. The van der Waals surface area contributed by atoms with Gasteiger partial charge in [0.05, 0.1) is 5.69 Å². The molecule has 6 heteroatoms. The third-order valence-corrected chi connectivity index (χ3v) is 2.78. The first kappa shape index (κ1) is 11.2. The first-order valence-electron chi connectivity index (χ1n) is 5.43. The fourth-order valence-electron chi connectivity index (χ4n) is 1.92. The monoisotopic (exact) mass is 256 g/mol. The van der Waals surface area contributed by atoms with E-state index >= 15 is 0 Å². The van der Waals surface area contributed by atoms with Crippen molar-refractivity contribution in [2.45, 2.75) is 0 Å². The van der Waals surface area contributed by atoms with Crippen molar-refractivity contribution in [2.24, 2.45) is 0 Å². The number of hydrogen-bond donors (Lipinski definition) is 2. The highest BCUT2D eigenvalue weighted by Crippen LogP contribution is 2.25. The Morgan fingerprint density at radius 3 is 2.79 bits per heavy atom. The molecule has 6 nitrogen and oxygen atoms in total. The van der Waals surface area contributed by atoms with Gasteiger partial charge in [0, 0.05) is 6.07 Å². The van der Waals surface area contributed by atoms with E-state index in [1.54, 1.807) is 24.3 Å². The predicted molar refractivity (Wildman–Crippen MR) is 68.3 cm³/mol. The number of rotatable bonds is 1. The van der Waals surface area contributed by atoms with E-state index in [4.69, 9.17) is 15.3 Å². The second kappa shape index (κ2) is 3.81. The summed E-state index contributed by atoms with van der Waals surface area (Å²) in [5, 5.41) is 8.98. The van der Waals surface area contributed by atoms with Crippen LogP contribution in [0.1, 0.15) is 10.4 Å². The first-order valence-corrected chi connectivity index (χ1v) is 5.43. The molecule has 0 atom stereocenters. The molecule has 94 valence electrons. The summed E-state index contributed by atoms with van der Waals surface area (Å²) in [7, 11) is 0. The minimum absolute atomic E-state index is 0.0368. The molecule has 0 bridgehead atoms. The predicted octanol–water partition coefficient (Wildman–Crippen LogP) is 1.57. The van der Waals surface area contributed by atoms with E-state index in [9.17, 15) is 9.59 Å². The topological polar surface area (TPSA) is 106 Å². The van der Waals surface area contributed by atoms with Gasteiger partial charge in [0.25, 0.3) is 0 Å². The summed E-state index contributed by atoms with van der Waals surface area (Å²) < 4.78 is 5.51. The van der Waals surface area contributed by atoms with Gasteiger partial charge in [-0.2, -0.15) is 0 Å². The van der Waals surface area contributed by atoms with Crippen molar-refractivity contribution in [3.8, 4) is 11.5 Å². The van der Waals surface area contributed by atoms with E-state index in [1.807, 2.05) is 0 Å². The number of benzene rings is 2. The summed E-state index contributed by atoms with van der Waals surface area (Å²) in [4.78, 5) is 27.2. The number of nitrogens with zero attached hydrogens (tertiary/aromatic N) is 1. The van der Waals surface area contributed by atoms with Gasteiger partial charge in [-0.05, 0) is 12.1 Å². The average molecular weight is 256 g/mol. The SMILES string of the molecule is Nc1cc2oc3ccccc3nc-2c(=O)c1C(=O)O. The number of hydrogen-bond acceptors (Lipinski definition) is 5. The van der Waals surface area contributed by atoms with E-state index in [2.05, 4.69) is 4.98 Å². The number of fused-ring (bicyclic) bond motifs is 2. The van der Waals surface area contributed by atoms with Crippen LogP contribution in [0, 0.1) is 0 Å². The zero-order valence-electron chi connectivity index (χ0n) is 9.58. The zero-order valence-corrected chi connectivity index (χ0v) is 9.58. The van der Waals surface area contributed by atoms with Crippen LogP contribution in [0.25, 0.3) is 22.6 Å². The Hall–Kier alpha value is -2.89. The van der Waals surface area contributed by atoms with E-state index < -0.39 is 17.0 Å². The van der Waals surface area contributed by atoms with Crippen LogP contribution in [-0.4, -0.2) is 16.1 Å². The smallest absolute Gasteiger partial charge is 0.341 e. The molecule has 1 heterocycles. The van der Waals surface area contributed by atoms with Crippen LogP contribution < -0.4 is 11.2 Å². The molecule has 0 radical (unpaired) electrons. The molecule has 19 heavy (non-hydrogen) atoms. The van der Waals surface area contributed by atoms with Gasteiger partial charge < -0.3 is 15.3 Å². The molecule has 0 fully saturated rings. The summed E-state index contributed by atoms with van der Waals surface area (Å²) in [6, 6.07) is 8.20. The number of aromatic carboxylic acids is 1. The molecule has 0 spiro atoms. The van der Waals surface area contributed by atoms with E-state index in [-0.39, 0.29) is 17.1 Å². The number of aromatic nitrogens is 1. The van der Waals surface area contributed by atoms with Gasteiger partial charge in [-0.15, -0.1) is 0 Å². The molecular weight excluding hydrogens is 248 g/mol. The second-order valence-electron chi connectivity index (χ2n) is 4.00. The summed E-state index contributed by atoms with van der Waals surface area (Å²) in [6.45, 7) is 0. The molecule has 1 aliphatic heterocycles. The second-order valence-corrected chi connectivity index (χ2v) is 4.00. The normalized spacial score (nSPS) is 10.9. The van der Waals surface area contributed by atoms with Gasteiger partial charge >= 0.3 is 5.97 Å². The Morgan fingerprint density at radius 1 is 1.32 bits per heavy atom. The fourth-order valence-corrected chi connectivity index (χ4v) is 1.92. The first-order chi connectivity index (χ1) is 9.08. The lowest BCUT2D eigenvalue weighted by Crippen LogP contribution is -2.20. The maximum Gasteiger partial charge on any atom is 0.341 e. The molecule has 1 aromatic rings. The Morgan fingerprint density at radius 2 is 2.05 bits per heavy atom.